The van der Waals surface area contributed by atoms with Crippen LogP contribution in [0.3, 0.4) is 0 Å². The molecule has 0 unspecified atom stereocenters. The molecule has 29 heavy (non-hydrogen) atoms. The SMILES string of the molecule is CCNC(=NCc1ccc(OCC(F)(F)F)cc1)NCCCCn1ccnc1C. The predicted molar refractivity (Wildman–Crippen MR) is 107 cm³/mol. The molecule has 9 heteroatoms. The molecule has 2 aromatic rings. The Hall–Kier alpha value is -2.71. The van der Waals surface area contributed by atoms with Gasteiger partial charge in [0.15, 0.2) is 12.6 Å². The van der Waals surface area contributed by atoms with E-state index >= 15 is 0 Å². The third kappa shape index (κ3) is 8.89. The zero-order valence-electron chi connectivity index (χ0n) is 16.8. The van der Waals surface area contributed by atoms with Gasteiger partial charge in [0.05, 0.1) is 6.54 Å². The van der Waals surface area contributed by atoms with Crippen molar-refractivity contribution in [2.75, 3.05) is 19.7 Å². The van der Waals surface area contributed by atoms with E-state index < -0.39 is 12.8 Å². The van der Waals surface area contributed by atoms with E-state index in [0.717, 1.165) is 43.9 Å². The monoisotopic (exact) mass is 411 g/mol. The molecule has 160 valence electrons. The number of guanidine groups is 1. The lowest BCUT2D eigenvalue weighted by Gasteiger charge is -2.12. The van der Waals surface area contributed by atoms with Gasteiger partial charge in [0.1, 0.15) is 11.6 Å². The molecule has 0 aliphatic carbocycles. The molecule has 1 heterocycles. The lowest BCUT2D eigenvalue weighted by atomic mass is 10.2. The summed E-state index contributed by atoms with van der Waals surface area (Å²) in [5.74, 6) is 1.92. The molecule has 2 N–H and O–H groups in total. The number of benzene rings is 1. The van der Waals surface area contributed by atoms with Crippen LogP contribution in [0.25, 0.3) is 0 Å². The summed E-state index contributed by atoms with van der Waals surface area (Å²) < 4.78 is 43.4. The second kappa shape index (κ2) is 11.3. The van der Waals surface area contributed by atoms with Crippen molar-refractivity contribution >= 4 is 5.96 Å². The Morgan fingerprint density at radius 1 is 1.17 bits per heavy atom. The predicted octanol–water partition coefficient (Wildman–Crippen LogP) is 3.67. The van der Waals surface area contributed by atoms with Gasteiger partial charge in [-0.3, -0.25) is 0 Å². The molecule has 1 aromatic heterocycles. The third-order valence-electron chi connectivity index (χ3n) is 4.13. The molecule has 6 nitrogen and oxygen atoms in total. The van der Waals surface area contributed by atoms with Gasteiger partial charge in [0.2, 0.25) is 0 Å². The van der Waals surface area contributed by atoms with Crippen LogP contribution in [0.2, 0.25) is 0 Å². The van der Waals surface area contributed by atoms with Crippen LogP contribution >= 0.6 is 0 Å². The first-order valence-electron chi connectivity index (χ1n) is 9.66. The average molecular weight is 411 g/mol. The maximum atomic E-state index is 12.2. The molecule has 0 saturated heterocycles. The number of nitrogens with zero attached hydrogens (tertiary/aromatic N) is 3. The summed E-state index contributed by atoms with van der Waals surface area (Å²) in [6.07, 6.45) is 1.47. The lowest BCUT2D eigenvalue weighted by molar-refractivity contribution is -0.153. The van der Waals surface area contributed by atoms with Gasteiger partial charge >= 0.3 is 6.18 Å². The van der Waals surface area contributed by atoms with Crippen molar-refractivity contribution in [3.8, 4) is 5.75 Å². The highest BCUT2D eigenvalue weighted by Crippen LogP contribution is 2.19. The zero-order valence-corrected chi connectivity index (χ0v) is 16.8. The second-order valence-electron chi connectivity index (χ2n) is 6.54. The summed E-state index contributed by atoms with van der Waals surface area (Å²) in [6.45, 7) is 5.58. The highest BCUT2D eigenvalue weighted by atomic mass is 19.4. The van der Waals surface area contributed by atoms with Crippen molar-refractivity contribution < 1.29 is 17.9 Å². The number of aromatic nitrogens is 2. The Labute approximate surface area is 169 Å². The topological polar surface area (TPSA) is 63.5 Å². The highest BCUT2D eigenvalue weighted by molar-refractivity contribution is 5.79. The van der Waals surface area contributed by atoms with Crippen LogP contribution in [0.5, 0.6) is 5.75 Å². The summed E-state index contributed by atoms with van der Waals surface area (Å²) >= 11 is 0. The molecule has 0 fully saturated rings. The molecule has 0 radical (unpaired) electrons. The number of unbranched alkanes of at least 4 members (excludes halogenated alkanes) is 1. The first-order chi connectivity index (χ1) is 13.9. The van der Waals surface area contributed by atoms with Crippen LogP contribution in [0.4, 0.5) is 13.2 Å². The quantitative estimate of drug-likeness (QED) is 0.356. The van der Waals surface area contributed by atoms with Crippen molar-refractivity contribution in [1.29, 1.82) is 0 Å². The largest absolute Gasteiger partial charge is 0.484 e. The van der Waals surface area contributed by atoms with Crippen LogP contribution in [-0.2, 0) is 13.1 Å². The van der Waals surface area contributed by atoms with Crippen LogP contribution < -0.4 is 15.4 Å². The van der Waals surface area contributed by atoms with E-state index in [1.807, 2.05) is 20.0 Å². The van der Waals surface area contributed by atoms with E-state index in [1.54, 1.807) is 18.3 Å². The molecule has 0 spiro atoms. The second-order valence-corrected chi connectivity index (χ2v) is 6.54. The van der Waals surface area contributed by atoms with E-state index in [0.29, 0.717) is 12.5 Å². The number of hydrogen-bond acceptors (Lipinski definition) is 3. The van der Waals surface area contributed by atoms with E-state index in [2.05, 4.69) is 25.2 Å². The zero-order chi connectivity index (χ0) is 21.1. The molecular formula is C20H28F3N5O. The number of hydrogen-bond donors (Lipinski definition) is 2. The minimum Gasteiger partial charge on any atom is -0.484 e. The van der Waals surface area contributed by atoms with Crippen LogP contribution in [0.15, 0.2) is 41.7 Å². The lowest BCUT2D eigenvalue weighted by Crippen LogP contribution is -2.37. The first kappa shape index (κ1) is 22.6. The normalized spacial score (nSPS) is 12.1. The van der Waals surface area contributed by atoms with E-state index in [4.69, 9.17) is 4.74 Å². The number of rotatable bonds is 10. The molecule has 0 amide bonds. The minimum atomic E-state index is -4.34. The Balaban J connectivity index is 1.75. The van der Waals surface area contributed by atoms with E-state index in [9.17, 15) is 13.2 Å². The van der Waals surface area contributed by atoms with Crippen molar-refractivity contribution in [2.24, 2.45) is 4.99 Å². The maximum absolute atomic E-state index is 12.2. The van der Waals surface area contributed by atoms with Crippen molar-refractivity contribution in [1.82, 2.24) is 20.2 Å². The van der Waals surface area contributed by atoms with Crippen molar-refractivity contribution in [2.45, 2.75) is 46.0 Å². The molecule has 1 aromatic carbocycles. The molecule has 2 rings (SSSR count). The van der Waals surface area contributed by atoms with Gasteiger partial charge in [-0.2, -0.15) is 13.2 Å². The molecule has 0 atom stereocenters. The molecule has 0 bridgehead atoms. The van der Waals surface area contributed by atoms with Gasteiger partial charge in [0, 0.05) is 32.0 Å². The third-order valence-corrected chi connectivity index (χ3v) is 4.13. The summed E-state index contributed by atoms with van der Waals surface area (Å²) in [5.41, 5.74) is 0.886. The summed E-state index contributed by atoms with van der Waals surface area (Å²) in [6, 6.07) is 6.47. The number of ether oxygens (including phenoxy) is 1. The molecular weight excluding hydrogens is 383 g/mol. The standard InChI is InChI=1S/C20H28F3N5O/c1-3-24-19(26-10-4-5-12-28-13-11-25-16(28)2)27-14-17-6-8-18(9-7-17)29-15-20(21,22)23/h6-9,11,13H,3-5,10,12,14-15H2,1-2H3,(H2,24,26,27). The molecule has 0 saturated carbocycles. The van der Waals surface area contributed by atoms with E-state index in [1.165, 1.54) is 12.1 Å². The van der Waals surface area contributed by atoms with Gasteiger partial charge in [0.25, 0.3) is 0 Å². The van der Waals surface area contributed by atoms with Crippen LogP contribution in [0, 0.1) is 6.92 Å². The first-order valence-corrected chi connectivity index (χ1v) is 9.66. The van der Waals surface area contributed by atoms with Crippen molar-refractivity contribution in [3.05, 3.63) is 48.0 Å². The number of nitrogens with one attached hydrogen (secondary N) is 2. The van der Waals surface area contributed by atoms with Crippen LogP contribution in [0.1, 0.15) is 31.2 Å². The number of alkyl halides is 3. The Bertz CT molecular complexity index is 756. The maximum Gasteiger partial charge on any atom is 0.422 e. The van der Waals surface area contributed by atoms with Gasteiger partial charge in [-0.05, 0) is 44.4 Å². The number of halogens is 3. The fraction of sp³-hybridized carbons (Fsp3) is 0.500. The van der Waals surface area contributed by atoms with Crippen molar-refractivity contribution in [3.63, 3.8) is 0 Å². The van der Waals surface area contributed by atoms with Gasteiger partial charge in [-0.25, -0.2) is 9.98 Å². The summed E-state index contributed by atoms with van der Waals surface area (Å²) in [7, 11) is 0. The Kier molecular flexibility index (Phi) is 8.82. The van der Waals surface area contributed by atoms with Gasteiger partial charge in [-0.1, -0.05) is 12.1 Å². The fourth-order valence-electron chi connectivity index (χ4n) is 2.62. The Morgan fingerprint density at radius 2 is 1.93 bits per heavy atom. The average Bonchev–Trinajstić information content (AvgIpc) is 3.09. The fourth-order valence-corrected chi connectivity index (χ4v) is 2.62. The van der Waals surface area contributed by atoms with Gasteiger partial charge < -0.3 is 19.9 Å². The summed E-state index contributed by atoms with van der Waals surface area (Å²) in [5, 5.41) is 6.49. The Morgan fingerprint density at radius 3 is 2.55 bits per heavy atom. The number of aliphatic imine (C=N–C) groups is 1. The summed E-state index contributed by atoms with van der Waals surface area (Å²) in [4.78, 5) is 8.73. The molecule has 0 aliphatic rings. The minimum absolute atomic E-state index is 0.188. The van der Waals surface area contributed by atoms with Gasteiger partial charge in [-0.15, -0.1) is 0 Å². The number of aryl methyl sites for hydroxylation is 2. The number of imidazole rings is 1. The molecule has 0 aliphatic heterocycles. The highest BCUT2D eigenvalue weighted by Gasteiger charge is 2.28. The smallest absolute Gasteiger partial charge is 0.422 e. The van der Waals surface area contributed by atoms with E-state index in [-0.39, 0.29) is 5.75 Å². The van der Waals surface area contributed by atoms with Crippen LogP contribution in [-0.4, -0.2) is 41.4 Å².